The van der Waals surface area contributed by atoms with Crippen molar-refractivity contribution in [2.45, 2.75) is 19.6 Å². The van der Waals surface area contributed by atoms with Crippen LogP contribution < -0.4 is 118 Å². The van der Waals surface area contributed by atoms with Crippen LogP contribution in [0.25, 0.3) is 55.9 Å². The minimum Gasteiger partial charge on any atom is -0.744 e. The van der Waals surface area contributed by atoms with E-state index >= 15 is 0 Å². The molecule has 0 unspecified atom stereocenters. The quantitative estimate of drug-likeness (QED) is 0.0943. The van der Waals surface area contributed by atoms with Crippen LogP contribution in [0.4, 0.5) is 0 Å². The predicted molar refractivity (Wildman–Crippen MR) is 164 cm³/mol. The van der Waals surface area contributed by atoms with E-state index in [1.54, 1.807) is 0 Å². The Balaban J connectivity index is 0.00000252. The molecule has 0 atom stereocenters. The molecule has 10 bridgehead atoms. The van der Waals surface area contributed by atoms with Gasteiger partial charge >= 0.3 is 118 Å². The molecule has 0 spiro atoms. The zero-order chi connectivity index (χ0) is 36.6. The maximum Gasteiger partial charge on any atom is 1.00 e. The molecule has 7 aromatic rings. The van der Waals surface area contributed by atoms with Gasteiger partial charge in [0.1, 0.15) is 40.5 Å². The van der Waals surface area contributed by atoms with Crippen molar-refractivity contribution in [1.29, 1.82) is 0 Å². The first kappa shape index (κ1) is 49.5. The molecule has 0 saturated carbocycles. The number of hydrogen-bond donors (Lipinski definition) is 4. The average Bonchev–Trinajstić information content (AvgIpc) is 2.93. The SMILES string of the molecule is O=S(=O)([O-])c1cc(S(=O)(=O)[O-])c2cc1[nH]c1nc(Cl)nc(n1)[nH]c1cc(S(=O)(=O)[O-])c3c(ccc(S(=O)(=O)[O-])c3c1)[nH]c1nc(Cl)nc(n1)[nH]2.[Na+].[Na+].[Na+].[Na+]. The van der Waals surface area contributed by atoms with E-state index in [0.29, 0.717) is 6.07 Å². The van der Waals surface area contributed by atoms with Gasteiger partial charge in [0, 0.05) is 16.3 Å². The van der Waals surface area contributed by atoms with Crippen LogP contribution >= 0.6 is 23.2 Å². The third-order valence-corrected chi connectivity index (χ3v) is 10.3. The first-order chi connectivity index (χ1) is 23.1. The van der Waals surface area contributed by atoms with E-state index in [1.807, 2.05) is 0 Å². The molecule has 22 nitrogen and oxygen atoms in total. The smallest absolute Gasteiger partial charge is 0.744 e. The van der Waals surface area contributed by atoms with Crippen LogP contribution in [0.3, 0.4) is 0 Å². The Kier molecular flexibility index (Phi) is 16.6. The van der Waals surface area contributed by atoms with Crippen LogP contribution in [0.5, 0.6) is 0 Å². The van der Waals surface area contributed by atoms with Gasteiger partial charge in [-0.05, 0) is 59.6 Å². The molecule has 262 valence electrons. The maximum atomic E-state index is 12.6. The predicted octanol–water partition coefficient (Wildman–Crippen LogP) is -11.1. The van der Waals surface area contributed by atoms with E-state index in [2.05, 4.69) is 49.8 Å². The number of halogens is 2. The van der Waals surface area contributed by atoms with Crippen molar-refractivity contribution in [1.82, 2.24) is 49.8 Å². The Hall–Kier alpha value is -0.640. The molecule has 0 saturated heterocycles. The fourth-order valence-electron chi connectivity index (χ4n) is 4.60. The van der Waals surface area contributed by atoms with Crippen LogP contribution in [-0.4, -0.2) is 102 Å². The number of nitrogens with one attached hydrogen (secondary N) is 4. The van der Waals surface area contributed by atoms with Gasteiger partial charge in [-0.15, -0.1) is 0 Å². The van der Waals surface area contributed by atoms with Gasteiger partial charge in [0.15, 0.2) is 0 Å². The van der Waals surface area contributed by atoms with Gasteiger partial charge in [0.05, 0.1) is 36.1 Å². The van der Waals surface area contributed by atoms with Crippen molar-refractivity contribution in [3.63, 3.8) is 0 Å². The second kappa shape index (κ2) is 18.1. The Labute approximate surface area is 400 Å². The van der Waals surface area contributed by atoms with Gasteiger partial charge < -0.3 is 38.1 Å². The number of hydrogen-bond acceptors (Lipinski definition) is 18. The Morgan fingerprint density at radius 1 is 0.444 bits per heavy atom. The normalized spacial score (nSPS) is 11.9. The molecule has 4 aromatic heterocycles. The zero-order valence-electron chi connectivity index (χ0n) is 27.4. The van der Waals surface area contributed by atoms with Gasteiger partial charge in [0.25, 0.3) is 0 Å². The van der Waals surface area contributed by atoms with E-state index in [1.165, 1.54) is 0 Å². The third-order valence-electron chi connectivity index (χ3n) is 6.41. The van der Waals surface area contributed by atoms with Gasteiger partial charge in [0.2, 0.25) is 33.7 Å². The maximum absolute atomic E-state index is 12.6. The standard InChI is InChI=1S/C22H14Cl2N10O12S4.4Na/c23-17-29-19-25-7-3-8-12(47(35,36)37)2-1-9(16(8)15(4-7)50(44,45)46)26-20-30-18(24)32-22(34-20)28-11-5-10(27-21(31-17)33-19)13(48(38,39)40)6-14(11)49(41,42)43;;;;/h1-6H,(H,35,36,37)(H,38,39,40)(H,41,42,43)(H,44,45,46)(H2,25,27,29,31,33)(H2,26,28,30,32,34);;;;/q;4*+1/p-4. The summed E-state index contributed by atoms with van der Waals surface area (Å²) >= 11 is 12.0. The molecule has 4 N–H and O–H groups in total. The summed E-state index contributed by atoms with van der Waals surface area (Å²) in [5, 5.41) is -2.53. The molecule has 4 heterocycles. The average molecular weight is 898 g/mol. The van der Waals surface area contributed by atoms with Crippen LogP contribution in [-0.2, 0) is 40.5 Å². The molecule has 0 radical (unpaired) electrons. The van der Waals surface area contributed by atoms with Gasteiger partial charge in [-0.1, -0.05) is 0 Å². The molecule has 0 amide bonds. The van der Waals surface area contributed by atoms with Crippen LogP contribution in [0.15, 0.2) is 56.0 Å². The number of aromatic nitrogens is 10. The molecule has 54 heavy (non-hydrogen) atoms. The number of nitrogens with zero attached hydrogens (tertiary/aromatic N) is 6. The summed E-state index contributed by atoms with van der Waals surface area (Å²) in [7, 11) is -22.0. The van der Waals surface area contributed by atoms with E-state index in [-0.39, 0.29) is 130 Å². The van der Waals surface area contributed by atoms with Crippen LogP contribution in [0, 0.1) is 0 Å². The molecule has 0 aliphatic carbocycles. The topological polar surface area (TPSA) is 369 Å². The molecule has 0 aliphatic rings. The second-order valence-corrected chi connectivity index (χ2v) is 15.7. The van der Waals surface area contributed by atoms with E-state index < -0.39 is 121 Å². The van der Waals surface area contributed by atoms with Gasteiger partial charge in [-0.2, -0.15) is 29.9 Å². The largest absolute Gasteiger partial charge is 1.00 e. The second-order valence-electron chi connectivity index (χ2n) is 9.67. The van der Waals surface area contributed by atoms with Crippen molar-refractivity contribution in [3.8, 4) is 0 Å². The van der Waals surface area contributed by atoms with E-state index in [4.69, 9.17) is 23.2 Å². The van der Waals surface area contributed by atoms with Crippen LogP contribution in [0.2, 0.25) is 10.6 Å². The number of rotatable bonds is 4. The monoisotopic (exact) mass is 896 g/mol. The first-order valence-electron chi connectivity index (χ1n) is 12.6. The molecule has 3 aromatic carbocycles. The summed E-state index contributed by atoms with van der Waals surface area (Å²) in [4.78, 5) is 27.9. The van der Waals surface area contributed by atoms with Crippen molar-refractivity contribution in [2.75, 3.05) is 0 Å². The summed E-state index contributed by atoms with van der Waals surface area (Å²) in [6.07, 6.45) is 0. The number of benzene rings is 3. The number of fused-ring (bicyclic) bond motifs is 1. The molecule has 0 aliphatic heterocycles. The minimum atomic E-state index is -5.56. The van der Waals surface area contributed by atoms with E-state index in [0.717, 1.165) is 24.3 Å². The third kappa shape index (κ3) is 11.1. The summed E-state index contributed by atoms with van der Waals surface area (Å²) in [5.74, 6) is -2.46. The zero-order valence-corrected chi connectivity index (χ0v) is 40.2. The summed E-state index contributed by atoms with van der Waals surface area (Å²) < 4.78 is 148. The van der Waals surface area contributed by atoms with Gasteiger partial charge in [-0.25, -0.2) is 33.7 Å². The Morgan fingerprint density at radius 3 is 1.24 bits per heavy atom. The Morgan fingerprint density at radius 2 is 0.833 bits per heavy atom. The number of aromatic amines is 4. The molecule has 32 heteroatoms. The van der Waals surface area contributed by atoms with Crippen molar-refractivity contribution in [2.24, 2.45) is 0 Å². The van der Waals surface area contributed by atoms with Crippen molar-refractivity contribution >= 4 is 120 Å². The molecule has 7 rings (SSSR count). The Bertz CT molecular complexity index is 3110. The van der Waals surface area contributed by atoms with Gasteiger partial charge in [-0.3, -0.25) is 0 Å². The number of H-pyrrole nitrogens is 4. The molecular weight excluding hydrogens is 887 g/mol. The van der Waals surface area contributed by atoms with Crippen molar-refractivity contribution in [3.05, 3.63) is 47.0 Å². The fourth-order valence-corrected chi connectivity index (χ4v) is 7.68. The van der Waals surface area contributed by atoms with Crippen LogP contribution in [0.1, 0.15) is 0 Å². The summed E-state index contributed by atoms with van der Waals surface area (Å²) in [5.41, 5.74) is -2.26. The molecule has 0 fully saturated rings. The minimum absolute atomic E-state index is 0. The molecular formula is C22H10Cl2N10Na4O12S4. The fraction of sp³-hybridized carbons (Fsp3) is 0. The van der Waals surface area contributed by atoms with E-state index in [9.17, 15) is 51.9 Å². The first-order valence-corrected chi connectivity index (χ1v) is 19.0. The summed E-state index contributed by atoms with van der Waals surface area (Å²) in [6, 6.07) is 4.28. The van der Waals surface area contributed by atoms with Crippen molar-refractivity contribution < 1.29 is 170 Å². The summed E-state index contributed by atoms with van der Waals surface area (Å²) in [6.45, 7) is 0.